The summed E-state index contributed by atoms with van der Waals surface area (Å²) in [5, 5.41) is 12.3. The third kappa shape index (κ3) is 5.77. The van der Waals surface area contributed by atoms with Gasteiger partial charge >= 0.3 is 0 Å². The molecule has 3 rings (SSSR count). The molecule has 0 unspecified atom stereocenters. The lowest BCUT2D eigenvalue weighted by Gasteiger charge is -2.16. The van der Waals surface area contributed by atoms with Crippen LogP contribution in [0.5, 0.6) is 11.5 Å². The summed E-state index contributed by atoms with van der Waals surface area (Å²) < 4.78 is 10.6. The van der Waals surface area contributed by atoms with Crippen LogP contribution in [0.3, 0.4) is 0 Å². The maximum atomic E-state index is 12.4. The summed E-state index contributed by atoms with van der Waals surface area (Å²) in [6, 6.07) is 13.9. The Kier molecular flexibility index (Phi) is 7.37. The lowest BCUT2D eigenvalue weighted by molar-refractivity contribution is 0.0950. The third-order valence-corrected chi connectivity index (χ3v) is 5.45. The highest BCUT2D eigenvalue weighted by molar-refractivity contribution is 7.13. The van der Waals surface area contributed by atoms with Crippen LogP contribution in [0, 0.1) is 6.92 Å². The first-order valence-corrected chi connectivity index (χ1v) is 10.4. The first-order valence-electron chi connectivity index (χ1n) is 9.54. The zero-order chi connectivity index (χ0) is 21.5. The van der Waals surface area contributed by atoms with E-state index < -0.39 is 0 Å². The Morgan fingerprint density at radius 1 is 1.00 bits per heavy atom. The first kappa shape index (κ1) is 21.7. The number of ether oxygens (including phenoxy) is 2. The number of methoxy groups -OCH3 is 2. The van der Waals surface area contributed by atoms with Crippen LogP contribution < -0.4 is 14.8 Å². The van der Waals surface area contributed by atoms with Gasteiger partial charge in [0.2, 0.25) is 5.01 Å². The minimum Gasteiger partial charge on any atom is -0.493 e. The number of hydrogen-bond donors (Lipinski definition) is 1. The number of nitrogens with zero attached hydrogens (tertiary/aromatic N) is 3. The molecule has 158 valence electrons. The van der Waals surface area contributed by atoms with Gasteiger partial charge in [-0.25, -0.2) is 0 Å². The second-order valence-electron chi connectivity index (χ2n) is 7.03. The highest BCUT2D eigenvalue weighted by Crippen LogP contribution is 2.28. The minimum atomic E-state index is -0.207. The molecular formula is C22H26N4O3S. The second kappa shape index (κ2) is 10.2. The molecule has 0 saturated heterocycles. The van der Waals surface area contributed by atoms with Crippen molar-refractivity contribution in [3.63, 3.8) is 0 Å². The van der Waals surface area contributed by atoms with E-state index in [0.717, 1.165) is 16.1 Å². The van der Waals surface area contributed by atoms with Gasteiger partial charge in [-0.05, 0) is 37.2 Å². The second-order valence-corrected chi connectivity index (χ2v) is 8.09. The monoisotopic (exact) mass is 426 g/mol. The van der Waals surface area contributed by atoms with Gasteiger partial charge in [0.25, 0.3) is 5.91 Å². The zero-order valence-electron chi connectivity index (χ0n) is 17.6. The Bertz CT molecular complexity index is 988. The summed E-state index contributed by atoms with van der Waals surface area (Å²) in [5.74, 6) is 1.20. The van der Waals surface area contributed by atoms with Gasteiger partial charge in [-0.15, -0.1) is 10.2 Å². The Labute approximate surface area is 180 Å². The van der Waals surface area contributed by atoms with E-state index >= 15 is 0 Å². The summed E-state index contributed by atoms with van der Waals surface area (Å²) in [5.41, 5.74) is 3.33. The number of carbonyl (C=O) groups excluding carboxylic acids is 1. The number of rotatable bonds is 9. The van der Waals surface area contributed by atoms with E-state index in [4.69, 9.17) is 9.47 Å². The van der Waals surface area contributed by atoms with E-state index in [1.807, 2.05) is 56.4 Å². The van der Waals surface area contributed by atoms with Crippen LogP contribution in [0.2, 0.25) is 0 Å². The SMILES string of the molecule is COc1ccc(CN(C)Cc2nnc(C(=O)NCc3ccc(C)cc3)s2)cc1OC. The van der Waals surface area contributed by atoms with Crippen LogP contribution in [0.1, 0.15) is 31.5 Å². The predicted octanol–water partition coefficient (Wildman–Crippen LogP) is 3.43. The van der Waals surface area contributed by atoms with Gasteiger partial charge in [-0.2, -0.15) is 0 Å². The fourth-order valence-corrected chi connectivity index (χ4v) is 3.79. The maximum absolute atomic E-state index is 12.4. The van der Waals surface area contributed by atoms with Crippen LogP contribution in [-0.2, 0) is 19.6 Å². The van der Waals surface area contributed by atoms with Crippen molar-refractivity contribution < 1.29 is 14.3 Å². The lowest BCUT2D eigenvalue weighted by Crippen LogP contribution is -2.22. The number of amides is 1. The normalized spacial score (nSPS) is 10.8. The molecule has 1 N–H and O–H groups in total. The Balaban J connectivity index is 1.54. The summed E-state index contributed by atoms with van der Waals surface area (Å²) in [6.07, 6.45) is 0. The fraction of sp³-hybridized carbons (Fsp3) is 0.318. The molecule has 0 spiro atoms. The predicted molar refractivity (Wildman–Crippen MR) is 117 cm³/mol. The summed E-state index contributed by atoms with van der Waals surface area (Å²) in [4.78, 5) is 14.5. The molecule has 0 radical (unpaired) electrons. The molecule has 0 bridgehead atoms. The minimum absolute atomic E-state index is 0.207. The van der Waals surface area contributed by atoms with Crippen LogP contribution in [0.25, 0.3) is 0 Å². The number of aryl methyl sites for hydroxylation is 1. The number of aromatic nitrogens is 2. The van der Waals surface area contributed by atoms with Crippen LogP contribution in [0.15, 0.2) is 42.5 Å². The number of carbonyl (C=O) groups is 1. The number of nitrogens with one attached hydrogen (secondary N) is 1. The Morgan fingerprint density at radius 2 is 1.70 bits per heavy atom. The molecule has 7 nitrogen and oxygen atoms in total. The molecule has 0 atom stereocenters. The molecule has 2 aromatic carbocycles. The Morgan fingerprint density at radius 3 is 2.40 bits per heavy atom. The lowest BCUT2D eigenvalue weighted by atomic mass is 10.1. The van der Waals surface area contributed by atoms with E-state index in [0.29, 0.717) is 36.1 Å². The van der Waals surface area contributed by atoms with Crippen molar-refractivity contribution >= 4 is 17.2 Å². The molecule has 0 saturated carbocycles. The van der Waals surface area contributed by atoms with Crippen molar-refractivity contribution in [3.05, 3.63) is 69.2 Å². The van der Waals surface area contributed by atoms with Gasteiger partial charge in [-0.1, -0.05) is 47.2 Å². The molecular weight excluding hydrogens is 400 g/mol. The molecule has 3 aromatic rings. The summed E-state index contributed by atoms with van der Waals surface area (Å²) in [7, 11) is 5.24. The van der Waals surface area contributed by atoms with Gasteiger partial charge in [0, 0.05) is 13.1 Å². The van der Waals surface area contributed by atoms with Crippen molar-refractivity contribution in [3.8, 4) is 11.5 Å². The molecule has 1 aromatic heterocycles. The average molecular weight is 427 g/mol. The van der Waals surface area contributed by atoms with Crippen molar-refractivity contribution in [2.75, 3.05) is 21.3 Å². The van der Waals surface area contributed by atoms with Gasteiger partial charge in [0.1, 0.15) is 5.01 Å². The first-order chi connectivity index (χ1) is 14.5. The molecule has 0 fully saturated rings. The highest BCUT2D eigenvalue weighted by atomic mass is 32.1. The highest BCUT2D eigenvalue weighted by Gasteiger charge is 2.14. The topological polar surface area (TPSA) is 76.6 Å². The molecule has 8 heteroatoms. The quantitative estimate of drug-likeness (QED) is 0.565. The fourth-order valence-electron chi connectivity index (χ4n) is 2.95. The van der Waals surface area contributed by atoms with E-state index in [-0.39, 0.29) is 5.91 Å². The molecule has 0 aliphatic rings. The van der Waals surface area contributed by atoms with Crippen molar-refractivity contribution in [1.82, 2.24) is 20.4 Å². The average Bonchev–Trinajstić information content (AvgIpc) is 3.21. The van der Waals surface area contributed by atoms with E-state index in [9.17, 15) is 4.79 Å². The smallest absolute Gasteiger partial charge is 0.282 e. The molecule has 1 heterocycles. The van der Waals surface area contributed by atoms with E-state index in [1.54, 1.807) is 14.2 Å². The maximum Gasteiger partial charge on any atom is 0.282 e. The molecule has 0 aliphatic heterocycles. The number of benzene rings is 2. The van der Waals surface area contributed by atoms with Gasteiger partial charge in [0.05, 0.1) is 20.8 Å². The standard InChI is InChI=1S/C22H26N4O3S/c1-15-5-7-16(8-6-15)12-23-21(27)22-25-24-20(30-22)14-26(2)13-17-9-10-18(28-3)19(11-17)29-4/h5-11H,12-14H2,1-4H3,(H,23,27). The zero-order valence-corrected chi connectivity index (χ0v) is 18.5. The van der Waals surface area contributed by atoms with Crippen molar-refractivity contribution in [2.45, 2.75) is 26.6 Å². The van der Waals surface area contributed by atoms with Gasteiger partial charge in [-0.3, -0.25) is 9.69 Å². The Hall–Kier alpha value is -2.97. The molecule has 30 heavy (non-hydrogen) atoms. The number of hydrogen-bond acceptors (Lipinski definition) is 7. The van der Waals surface area contributed by atoms with Crippen LogP contribution in [0.4, 0.5) is 0 Å². The van der Waals surface area contributed by atoms with Crippen LogP contribution >= 0.6 is 11.3 Å². The van der Waals surface area contributed by atoms with E-state index in [2.05, 4.69) is 20.4 Å². The largest absolute Gasteiger partial charge is 0.493 e. The van der Waals surface area contributed by atoms with Crippen molar-refractivity contribution in [1.29, 1.82) is 0 Å². The van der Waals surface area contributed by atoms with Gasteiger partial charge in [0.15, 0.2) is 11.5 Å². The van der Waals surface area contributed by atoms with Crippen LogP contribution in [-0.4, -0.2) is 42.3 Å². The molecule has 1 amide bonds. The third-order valence-electron chi connectivity index (χ3n) is 4.54. The van der Waals surface area contributed by atoms with E-state index in [1.165, 1.54) is 16.9 Å². The van der Waals surface area contributed by atoms with Crippen molar-refractivity contribution in [2.24, 2.45) is 0 Å². The summed E-state index contributed by atoms with van der Waals surface area (Å²) in [6.45, 7) is 3.80. The van der Waals surface area contributed by atoms with Gasteiger partial charge < -0.3 is 14.8 Å². The molecule has 0 aliphatic carbocycles. The summed E-state index contributed by atoms with van der Waals surface area (Å²) >= 11 is 1.31.